The molecule has 1 amide bonds. The largest absolute Gasteiger partial charge is 0.326 e. The van der Waals surface area contributed by atoms with Crippen molar-refractivity contribution in [3.05, 3.63) is 54.3 Å². The number of piperidine rings is 1. The molecule has 8 nitrogen and oxygen atoms in total. The van der Waals surface area contributed by atoms with Crippen LogP contribution in [-0.2, 0) is 24.8 Å². The zero-order valence-electron chi connectivity index (χ0n) is 18.3. The van der Waals surface area contributed by atoms with Crippen molar-refractivity contribution >= 4 is 31.6 Å². The van der Waals surface area contributed by atoms with Gasteiger partial charge in [-0.1, -0.05) is 13.3 Å². The summed E-state index contributed by atoms with van der Waals surface area (Å²) in [6.07, 6.45) is 3.35. The second-order valence-electron chi connectivity index (χ2n) is 7.85. The molecule has 1 saturated heterocycles. The van der Waals surface area contributed by atoms with Gasteiger partial charge in [0, 0.05) is 31.2 Å². The molecule has 0 saturated carbocycles. The molecule has 3 rings (SSSR count). The fourth-order valence-electron chi connectivity index (χ4n) is 3.76. The minimum atomic E-state index is -3.85. The molecule has 33 heavy (non-hydrogen) atoms. The monoisotopic (exact) mass is 497 g/mol. The third-order valence-corrected chi connectivity index (χ3v) is 9.00. The van der Waals surface area contributed by atoms with Gasteiger partial charge >= 0.3 is 0 Å². The average molecular weight is 498 g/mol. The SMILES string of the molecule is CCC1CCCCN1S(=O)(=O)c1ccc(NC(=O)CCNS(=O)(=O)c2ccc(F)cc2)cc1. The van der Waals surface area contributed by atoms with Crippen LogP contribution >= 0.6 is 0 Å². The lowest BCUT2D eigenvalue weighted by atomic mass is 10.0. The van der Waals surface area contributed by atoms with Gasteiger partial charge in [0.05, 0.1) is 9.79 Å². The van der Waals surface area contributed by atoms with Gasteiger partial charge in [0.1, 0.15) is 5.82 Å². The molecule has 0 radical (unpaired) electrons. The van der Waals surface area contributed by atoms with Gasteiger partial charge in [-0.05, 0) is 67.8 Å². The lowest BCUT2D eigenvalue weighted by Crippen LogP contribution is -2.43. The van der Waals surface area contributed by atoms with Crippen molar-refractivity contribution in [3.8, 4) is 0 Å². The van der Waals surface area contributed by atoms with E-state index in [1.54, 1.807) is 4.31 Å². The lowest BCUT2D eigenvalue weighted by molar-refractivity contribution is -0.116. The molecule has 1 aliphatic heterocycles. The van der Waals surface area contributed by atoms with Crippen molar-refractivity contribution in [2.75, 3.05) is 18.4 Å². The minimum Gasteiger partial charge on any atom is -0.326 e. The molecule has 2 aromatic carbocycles. The van der Waals surface area contributed by atoms with E-state index < -0.39 is 31.8 Å². The molecule has 1 fully saturated rings. The molecule has 0 spiro atoms. The Kier molecular flexibility index (Phi) is 8.22. The standard InChI is InChI=1S/C22H28FN3O5S2/c1-2-19-5-3-4-16-26(19)33(30,31)21-12-8-18(9-13-21)25-22(27)14-15-24-32(28,29)20-10-6-17(23)7-11-20/h6-13,19,24H,2-5,14-16H2,1H3,(H,25,27). The number of carbonyl (C=O) groups is 1. The molecule has 0 aliphatic carbocycles. The molecule has 0 aromatic heterocycles. The first-order valence-corrected chi connectivity index (χ1v) is 13.7. The van der Waals surface area contributed by atoms with E-state index in [9.17, 15) is 26.0 Å². The van der Waals surface area contributed by atoms with Gasteiger partial charge in [-0.2, -0.15) is 4.31 Å². The Labute approximate surface area is 194 Å². The summed E-state index contributed by atoms with van der Waals surface area (Å²) in [4.78, 5) is 12.2. The molecule has 0 bridgehead atoms. The van der Waals surface area contributed by atoms with Crippen LogP contribution in [0.4, 0.5) is 10.1 Å². The van der Waals surface area contributed by atoms with E-state index >= 15 is 0 Å². The van der Waals surface area contributed by atoms with Crippen molar-refractivity contribution < 1.29 is 26.0 Å². The Bertz CT molecular complexity index is 1170. The third kappa shape index (κ3) is 6.38. The van der Waals surface area contributed by atoms with E-state index in [1.165, 1.54) is 24.3 Å². The van der Waals surface area contributed by atoms with Crippen molar-refractivity contribution in [1.82, 2.24) is 9.03 Å². The van der Waals surface area contributed by atoms with Crippen molar-refractivity contribution in [3.63, 3.8) is 0 Å². The number of carbonyl (C=O) groups excluding carboxylic acids is 1. The van der Waals surface area contributed by atoms with E-state index in [2.05, 4.69) is 10.0 Å². The van der Waals surface area contributed by atoms with Gasteiger partial charge in [0.2, 0.25) is 26.0 Å². The van der Waals surface area contributed by atoms with Gasteiger partial charge in [0.25, 0.3) is 0 Å². The van der Waals surface area contributed by atoms with Gasteiger partial charge < -0.3 is 5.32 Å². The number of halogens is 1. The zero-order chi connectivity index (χ0) is 24.1. The zero-order valence-corrected chi connectivity index (χ0v) is 20.0. The number of hydrogen-bond acceptors (Lipinski definition) is 5. The smallest absolute Gasteiger partial charge is 0.243 e. The van der Waals surface area contributed by atoms with Gasteiger partial charge in [0.15, 0.2) is 0 Å². The second kappa shape index (κ2) is 10.7. The number of amides is 1. The Morgan fingerprint density at radius 2 is 1.64 bits per heavy atom. The van der Waals surface area contributed by atoms with Crippen LogP contribution in [0, 0.1) is 5.82 Å². The molecule has 2 aromatic rings. The number of anilines is 1. The molecule has 11 heteroatoms. The normalized spacial score (nSPS) is 17.6. The summed E-state index contributed by atoms with van der Waals surface area (Å²) in [6.45, 7) is 2.34. The first-order chi connectivity index (χ1) is 15.6. The summed E-state index contributed by atoms with van der Waals surface area (Å²) in [7, 11) is -7.46. The number of nitrogens with one attached hydrogen (secondary N) is 2. The fourth-order valence-corrected chi connectivity index (χ4v) is 6.56. The maximum atomic E-state index is 13.0. The highest BCUT2D eigenvalue weighted by Gasteiger charge is 2.32. The summed E-state index contributed by atoms with van der Waals surface area (Å²) in [5, 5.41) is 2.62. The molecule has 1 heterocycles. The summed E-state index contributed by atoms with van der Waals surface area (Å²) in [5.74, 6) is -0.984. The number of rotatable bonds is 9. The predicted molar refractivity (Wildman–Crippen MR) is 123 cm³/mol. The Balaban J connectivity index is 1.55. The molecular formula is C22H28FN3O5S2. The van der Waals surface area contributed by atoms with Gasteiger partial charge in [-0.3, -0.25) is 4.79 Å². The number of hydrogen-bond donors (Lipinski definition) is 2. The van der Waals surface area contributed by atoms with E-state index in [0.29, 0.717) is 12.2 Å². The van der Waals surface area contributed by atoms with Crippen molar-refractivity contribution in [2.24, 2.45) is 0 Å². The van der Waals surface area contributed by atoms with Crippen LogP contribution in [0.3, 0.4) is 0 Å². The second-order valence-corrected chi connectivity index (χ2v) is 11.5. The topological polar surface area (TPSA) is 113 Å². The van der Waals surface area contributed by atoms with E-state index in [0.717, 1.165) is 49.9 Å². The van der Waals surface area contributed by atoms with Crippen LogP contribution in [0.1, 0.15) is 39.0 Å². The maximum Gasteiger partial charge on any atom is 0.243 e. The highest BCUT2D eigenvalue weighted by atomic mass is 32.2. The van der Waals surface area contributed by atoms with E-state index in [-0.39, 0.29) is 28.8 Å². The van der Waals surface area contributed by atoms with E-state index in [4.69, 9.17) is 0 Å². The molecular weight excluding hydrogens is 469 g/mol. The number of benzene rings is 2. The fraction of sp³-hybridized carbons (Fsp3) is 0.409. The number of nitrogens with zero attached hydrogens (tertiary/aromatic N) is 1. The van der Waals surface area contributed by atoms with Gasteiger partial charge in [-0.15, -0.1) is 0 Å². The first kappa shape index (κ1) is 25.3. The predicted octanol–water partition coefficient (Wildman–Crippen LogP) is 3.09. The van der Waals surface area contributed by atoms with Crippen LogP contribution in [0.15, 0.2) is 58.3 Å². The Morgan fingerprint density at radius 3 is 2.27 bits per heavy atom. The summed E-state index contributed by atoms with van der Waals surface area (Å²) < 4.78 is 67.2. The van der Waals surface area contributed by atoms with Crippen LogP contribution < -0.4 is 10.0 Å². The molecule has 1 aliphatic rings. The van der Waals surface area contributed by atoms with Crippen LogP contribution in [0.5, 0.6) is 0 Å². The van der Waals surface area contributed by atoms with Crippen LogP contribution in [0.25, 0.3) is 0 Å². The average Bonchev–Trinajstić information content (AvgIpc) is 2.79. The maximum absolute atomic E-state index is 13.0. The Morgan fingerprint density at radius 1 is 1.00 bits per heavy atom. The third-order valence-electron chi connectivity index (χ3n) is 5.56. The lowest BCUT2D eigenvalue weighted by Gasteiger charge is -2.34. The minimum absolute atomic E-state index is 0.00168. The molecule has 1 unspecified atom stereocenters. The molecule has 2 N–H and O–H groups in total. The van der Waals surface area contributed by atoms with Crippen LogP contribution in [-0.4, -0.2) is 46.2 Å². The van der Waals surface area contributed by atoms with Gasteiger partial charge in [-0.25, -0.2) is 25.9 Å². The van der Waals surface area contributed by atoms with E-state index in [1.807, 2.05) is 6.92 Å². The highest BCUT2D eigenvalue weighted by Crippen LogP contribution is 2.27. The quantitative estimate of drug-likeness (QED) is 0.553. The summed E-state index contributed by atoms with van der Waals surface area (Å²) in [6, 6.07) is 10.3. The molecule has 180 valence electrons. The first-order valence-electron chi connectivity index (χ1n) is 10.8. The van der Waals surface area contributed by atoms with Crippen molar-refractivity contribution in [1.29, 1.82) is 0 Å². The summed E-state index contributed by atoms with van der Waals surface area (Å²) in [5.41, 5.74) is 0.408. The highest BCUT2D eigenvalue weighted by molar-refractivity contribution is 7.89. The van der Waals surface area contributed by atoms with Crippen molar-refractivity contribution in [2.45, 2.75) is 54.9 Å². The molecule has 1 atom stereocenters. The Hall–Kier alpha value is -2.34. The van der Waals surface area contributed by atoms with Crippen LogP contribution in [0.2, 0.25) is 0 Å². The number of sulfonamides is 2. The summed E-state index contributed by atoms with van der Waals surface area (Å²) >= 11 is 0.